The molecule has 1 atom stereocenters. The van der Waals surface area contributed by atoms with Crippen molar-refractivity contribution in [1.29, 1.82) is 0 Å². The molecule has 3 aromatic rings. The minimum Gasteiger partial charge on any atom is -0.325 e. The van der Waals surface area contributed by atoms with Gasteiger partial charge in [0.2, 0.25) is 5.91 Å². The predicted octanol–water partition coefficient (Wildman–Crippen LogP) is 3.07. The van der Waals surface area contributed by atoms with Gasteiger partial charge >= 0.3 is 0 Å². The van der Waals surface area contributed by atoms with Crippen LogP contribution >= 0.6 is 11.3 Å². The fraction of sp³-hybridized carbons (Fsp3) is 0.263. The maximum atomic E-state index is 12.2. The van der Waals surface area contributed by atoms with E-state index in [2.05, 4.69) is 25.6 Å². The quantitative estimate of drug-likeness (QED) is 0.671. The number of hydrogen-bond donors (Lipinski definition) is 2. The van der Waals surface area contributed by atoms with E-state index in [4.69, 9.17) is 0 Å². The van der Waals surface area contributed by atoms with Crippen LogP contribution in [0.2, 0.25) is 0 Å². The highest BCUT2D eigenvalue weighted by molar-refractivity contribution is 7.13. The number of aryl methyl sites for hydroxylation is 1. The molecule has 0 aliphatic rings. The highest BCUT2D eigenvalue weighted by atomic mass is 32.1. The van der Waals surface area contributed by atoms with Crippen molar-refractivity contribution in [1.82, 2.24) is 20.3 Å². The number of aromatic nitrogens is 3. The first-order valence-corrected chi connectivity index (χ1v) is 9.32. The zero-order valence-electron chi connectivity index (χ0n) is 14.8. The smallest absolute Gasteiger partial charge is 0.241 e. The van der Waals surface area contributed by atoms with Crippen LogP contribution in [0, 0.1) is 6.92 Å². The summed E-state index contributed by atoms with van der Waals surface area (Å²) in [7, 11) is 0. The highest BCUT2D eigenvalue weighted by Gasteiger charge is 2.13. The third-order valence-electron chi connectivity index (χ3n) is 3.85. The number of carbonyl (C=O) groups excluding carboxylic acids is 1. The Morgan fingerprint density at radius 1 is 1.19 bits per heavy atom. The molecule has 134 valence electrons. The SMILES string of the molecule is Cc1ccc(NC(=O)[C@@H](C)NCCc2csc(-c3ncccn3)n2)cc1. The molecule has 6 nitrogen and oxygen atoms in total. The van der Waals surface area contributed by atoms with Gasteiger partial charge in [0.1, 0.15) is 0 Å². The van der Waals surface area contributed by atoms with Gasteiger partial charge in [0.15, 0.2) is 10.8 Å². The summed E-state index contributed by atoms with van der Waals surface area (Å²) < 4.78 is 0. The number of hydrogen-bond acceptors (Lipinski definition) is 6. The molecule has 0 fully saturated rings. The lowest BCUT2D eigenvalue weighted by atomic mass is 10.2. The van der Waals surface area contributed by atoms with Crippen molar-refractivity contribution in [3.05, 3.63) is 59.4 Å². The Kier molecular flexibility index (Phi) is 6.04. The second-order valence-electron chi connectivity index (χ2n) is 6.00. The Labute approximate surface area is 156 Å². The van der Waals surface area contributed by atoms with Crippen molar-refractivity contribution >= 4 is 22.9 Å². The molecule has 0 unspecified atom stereocenters. The number of rotatable bonds is 7. The molecule has 7 heteroatoms. The molecule has 3 rings (SSSR count). The van der Waals surface area contributed by atoms with E-state index in [0.717, 1.165) is 28.4 Å². The van der Waals surface area contributed by atoms with Gasteiger partial charge in [-0.15, -0.1) is 11.3 Å². The van der Waals surface area contributed by atoms with Gasteiger partial charge in [-0.25, -0.2) is 15.0 Å². The summed E-state index contributed by atoms with van der Waals surface area (Å²) in [5.41, 5.74) is 2.94. The molecule has 1 aromatic carbocycles. The molecule has 0 aliphatic carbocycles. The molecular formula is C19H21N5OS. The second-order valence-corrected chi connectivity index (χ2v) is 6.86. The molecule has 0 aliphatic heterocycles. The van der Waals surface area contributed by atoms with Crippen molar-refractivity contribution in [2.45, 2.75) is 26.3 Å². The van der Waals surface area contributed by atoms with E-state index in [0.29, 0.717) is 12.4 Å². The Hall–Kier alpha value is -2.64. The average molecular weight is 367 g/mol. The van der Waals surface area contributed by atoms with Crippen molar-refractivity contribution < 1.29 is 4.79 Å². The van der Waals surface area contributed by atoms with Crippen LogP contribution in [0.4, 0.5) is 5.69 Å². The summed E-state index contributed by atoms with van der Waals surface area (Å²) >= 11 is 1.53. The van der Waals surface area contributed by atoms with E-state index in [1.54, 1.807) is 18.5 Å². The Morgan fingerprint density at radius 2 is 1.92 bits per heavy atom. The molecule has 26 heavy (non-hydrogen) atoms. The maximum absolute atomic E-state index is 12.2. The number of nitrogens with one attached hydrogen (secondary N) is 2. The lowest BCUT2D eigenvalue weighted by molar-refractivity contribution is -0.117. The first kappa shape index (κ1) is 18.2. The minimum atomic E-state index is -0.285. The van der Waals surface area contributed by atoms with Gasteiger partial charge in [0.05, 0.1) is 11.7 Å². The molecular weight excluding hydrogens is 346 g/mol. The number of amides is 1. The molecule has 0 saturated carbocycles. The largest absolute Gasteiger partial charge is 0.325 e. The lowest BCUT2D eigenvalue weighted by Gasteiger charge is -2.13. The van der Waals surface area contributed by atoms with E-state index < -0.39 is 0 Å². The molecule has 2 heterocycles. The van der Waals surface area contributed by atoms with Crippen LogP contribution in [0.1, 0.15) is 18.2 Å². The summed E-state index contributed by atoms with van der Waals surface area (Å²) in [6.45, 7) is 4.54. The van der Waals surface area contributed by atoms with Gasteiger partial charge in [-0.1, -0.05) is 17.7 Å². The number of thiazole rings is 1. The van der Waals surface area contributed by atoms with E-state index in [9.17, 15) is 4.79 Å². The van der Waals surface area contributed by atoms with Crippen molar-refractivity contribution in [2.75, 3.05) is 11.9 Å². The molecule has 0 spiro atoms. The van der Waals surface area contributed by atoms with Crippen LogP contribution < -0.4 is 10.6 Å². The first-order chi connectivity index (χ1) is 12.6. The van der Waals surface area contributed by atoms with Crippen LogP contribution in [-0.4, -0.2) is 33.4 Å². The first-order valence-electron chi connectivity index (χ1n) is 8.44. The van der Waals surface area contributed by atoms with Crippen molar-refractivity contribution in [2.24, 2.45) is 0 Å². The number of benzene rings is 1. The van der Waals surface area contributed by atoms with Crippen LogP contribution in [0.15, 0.2) is 48.1 Å². The van der Waals surface area contributed by atoms with Gasteiger partial charge in [0.25, 0.3) is 0 Å². The Bertz CT molecular complexity index is 848. The fourth-order valence-corrected chi connectivity index (χ4v) is 3.13. The molecule has 0 radical (unpaired) electrons. The topological polar surface area (TPSA) is 79.8 Å². The Morgan fingerprint density at radius 3 is 2.65 bits per heavy atom. The minimum absolute atomic E-state index is 0.0505. The van der Waals surface area contributed by atoms with E-state index >= 15 is 0 Å². The molecule has 1 amide bonds. The normalized spacial score (nSPS) is 11.9. The zero-order valence-corrected chi connectivity index (χ0v) is 15.6. The molecule has 0 bridgehead atoms. The maximum Gasteiger partial charge on any atom is 0.241 e. The highest BCUT2D eigenvalue weighted by Crippen LogP contribution is 2.19. The summed E-state index contributed by atoms with van der Waals surface area (Å²) in [5, 5.41) is 8.96. The number of carbonyl (C=O) groups is 1. The van der Waals surface area contributed by atoms with Gasteiger partial charge in [0, 0.05) is 36.4 Å². The summed E-state index contributed by atoms with van der Waals surface area (Å²) in [6.07, 6.45) is 4.16. The van der Waals surface area contributed by atoms with Crippen LogP contribution in [-0.2, 0) is 11.2 Å². The third-order valence-corrected chi connectivity index (χ3v) is 4.74. The standard InChI is InChI=1S/C19H21N5OS/c1-13-4-6-15(7-5-13)23-18(25)14(2)20-11-8-16-12-26-19(24-16)17-21-9-3-10-22-17/h3-7,9-10,12,14,20H,8,11H2,1-2H3,(H,23,25)/t14-/m1/s1. The third kappa shape index (κ3) is 4.93. The van der Waals surface area contributed by atoms with E-state index in [1.165, 1.54) is 11.3 Å². The molecule has 2 N–H and O–H groups in total. The zero-order chi connectivity index (χ0) is 18.4. The predicted molar refractivity (Wildman–Crippen MR) is 104 cm³/mol. The number of anilines is 1. The summed E-state index contributed by atoms with van der Waals surface area (Å²) in [4.78, 5) is 25.2. The van der Waals surface area contributed by atoms with Gasteiger partial charge in [-0.3, -0.25) is 4.79 Å². The fourth-order valence-electron chi connectivity index (χ4n) is 2.33. The molecule has 2 aromatic heterocycles. The van der Waals surface area contributed by atoms with Crippen LogP contribution in [0.5, 0.6) is 0 Å². The van der Waals surface area contributed by atoms with Crippen LogP contribution in [0.3, 0.4) is 0 Å². The van der Waals surface area contributed by atoms with E-state index in [-0.39, 0.29) is 11.9 Å². The van der Waals surface area contributed by atoms with Gasteiger partial charge in [-0.2, -0.15) is 0 Å². The second kappa shape index (κ2) is 8.64. The average Bonchev–Trinajstić information content (AvgIpc) is 3.13. The van der Waals surface area contributed by atoms with E-state index in [1.807, 2.05) is 43.5 Å². The van der Waals surface area contributed by atoms with Gasteiger partial charge in [-0.05, 0) is 32.0 Å². The molecule has 0 saturated heterocycles. The summed E-state index contributed by atoms with van der Waals surface area (Å²) in [6, 6.07) is 9.26. The monoisotopic (exact) mass is 367 g/mol. The van der Waals surface area contributed by atoms with Crippen molar-refractivity contribution in [3.8, 4) is 10.8 Å². The van der Waals surface area contributed by atoms with Crippen molar-refractivity contribution in [3.63, 3.8) is 0 Å². The van der Waals surface area contributed by atoms with Crippen LogP contribution in [0.25, 0.3) is 10.8 Å². The summed E-state index contributed by atoms with van der Waals surface area (Å²) in [5.74, 6) is 0.591. The number of nitrogens with zero attached hydrogens (tertiary/aromatic N) is 3. The van der Waals surface area contributed by atoms with Gasteiger partial charge < -0.3 is 10.6 Å². The lowest BCUT2D eigenvalue weighted by Crippen LogP contribution is -2.39. The Balaban J connectivity index is 1.46.